The summed E-state index contributed by atoms with van der Waals surface area (Å²) < 4.78 is 8.78. The van der Waals surface area contributed by atoms with Crippen LogP contribution in [-0.4, -0.2) is 13.4 Å². The Kier molecular flexibility index (Phi) is 6.17. The topological polar surface area (TPSA) is 12.9 Å². The molecule has 1 fully saturated rings. The van der Waals surface area contributed by atoms with Crippen LogP contribution >= 0.6 is 40.6 Å². The van der Waals surface area contributed by atoms with Crippen molar-refractivity contribution in [3.05, 3.63) is 63.6 Å². The molecule has 0 aromatic carbocycles. The van der Waals surface area contributed by atoms with Crippen molar-refractivity contribution in [3.8, 4) is 0 Å². The van der Waals surface area contributed by atoms with Crippen molar-refractivity contribution in [2.75, 3.05) is 4.43 Å². The number of hydrogen-bond donors (Lipinski definition) is 0. The molecule has 4 rings (SSSR count). The maximum atomic E-state index is 4.83. The van der Waals surface area contributed by atoms with Crippen molar-refractivity contribution >= 4 is 50.6 Å². The molecule has 1 aromatic rings. The Hall–Kier alpha value is -0.560. The van der Waals surface area contributed by atoms with Crippen LogP contribution in [0.15, 0.2) is 54.4 Å². The standard InChI is InChI=1S/C24H29I2N/c1-5-22-20(12-21(14-25-22)16(2)3)11-17(4)23-13-19-7-6-10-27-24(19)26(23)15-18-8-9-18/h6-7,10-14,16,18H,5,8-9,15H2,1-4H3/b17-11+. The fourth-order valence-corrected chi connectivity index (χ4v) is 13.2. The van der Waals surface area contributed by atoms with Gasteiger partial charge in [0.05, 0.1) is 0 Å². The quantitative estimate of drug-likeness (QED) is 0.192. The third kappa shape index (κ3) is 4.39. The molecule has 0 amide bonds. The van der Waals surface area contributed by atoms with E-state index in [1.807, 2.05) is 6.20 Å². The van der Waals surface area contributed by atoms with Gasteiger partial charge >= 0.3 is 182 Å². The molecule has 0 spiro atoms. The summed E-state index contributed by atoms with van der Waals surface area (Å²) in [4.78, 5) is 4.83. The Morgan fingerprint density at radius 2 is 2.15 bits per heavy atom. The van der Waals surface area contributed by atoms with Gasteiger partial charge in [-0.05, 0) is 0 Å². The van der Waals surface area contributed by atoms with Gasteiger partial charge in [0.1, 0.15) is 0 Å². The van der Waals surface area contributed by atoms with Gasteiger partial charge in [-0.15, -0.1) is 0 Å². The number of nitrogens with zero attached hydrogens (tertiary/aromatic N) is 1. The third-order valence-corrected chi connectivity index (χ3v) is 15.3. The van der Waals surface area contributed by atoms with Crippen molar-refractivity contribution in [1.82, 2.24) is 4.98 Å². The molecule has 1 nitrogen and oxygen atoms in total. The second kappa shape index (κ2) is 8.44. The number of alkyl halides is 1. The molecule has 3 heteroatoms. The number of halogens is 2. The number of allylic oxidation sites excluding steroid dienone is 7. The first-order chi connectivity index (χ1) is 13.1. The molecular formula is C24H29I2N. The van der Waals surface area contributed by atoms with Crippen LogP contribution in [0.4, 0.5) is 0 Å². The zero-order valence-corrected chi connectivity index (χ0v) is 21.0. The Morgan fingerprint density at radius 3 is 2.85 bits per heavy atom. The van der Waals surface area contributed by atoms with Gasteiger partial charge in [0, 0.05) is 0 Å². The van der Waals surface area contributed by atoms with E-state index in [1.54, 1.807) is 7.16 Å². The molecule has 0 radical (unpaired) electrons. The van der Waals surface area contributed by atoms with Crippen molar-refractivity contribution in [3.63, 3.8) is 0 Å². The van der Waals surface area contributed by atoms with E-state index in [0.29, 0.717) is 5.92 Å². The predicted octanol–water partition coefficient (Wildman–Crippen LogP) is 7.50. The fraction of sp³-hybridized carbons (Fsp3) is 0.417. The van der Waals surface area contributed by atoms with E-state index in [0.717, 1.165) is 5.92 Å². The molecule has 0 N–H and O–H groups in total. The van der Waals surface area contributed by atoms with Crippen LogP contribution in [0.25, 0.3) is 6.08 Å². The average Bonchev–Trinajstić information content (AvgIpc) is 3.41. The normalized spacial score (nSPS) is 21.2. The molecule has 0 atom stereocenters. The third-order valence-electron chi connectivity index (χ3n) is 5.27. The molecule has 0 saturated heterocycles. The SMILES string of the molecule is CCC1=C(/C=C(\C)C2=Cc3cccnc3I2CC2CC2)C=C(C(C)C)C=I1. The number of pyridine rings is 1. The zero-order valence-electron chi connectivity index (χ0n) is 16.7. The minimum atomic E-state index is -1.35. The number of aromatic nitrogens is 1. The van der Waals surface area contributed by atoms with E-state index in [1.165, 1.54) is 49.7 Å². The average molecular weight is 585 g/mol. The second-order valence-electron chi connectivity index (χ2n) is 7.89. The number of hydrogen-bond acceptors (Lipinski definition) is 1. The molecule has 3 heterocycles. The molecular weight excluding hydrogens is 556 g/mol. The number of fused-ring (bicyclic) bond motifs is 1. The summed E-state index contributed by atoms with van der Waals surface area (Å²) in [7, 11) is 0. The monoisotopic (exact) mass is 585 g/mol. The van der Waals surface area contributed by atoms with Gasteiger partial charge in [-0.1, -0.05) is 0 Å². The van der Waals surface area contributed by atoms with E-state index >= 15 is 0 Å². The summed E-state index contributed by atoms with van der Waals surface area (Å²) in [5, 5.41) is 0. The molecule has 1 aliphatic carbocycles. The van der Waals surface area contributed by atoms with Crippen LogP contribution in [0.3, 0.4) is 0 Å². The van der Waals surface area contributed by atoms with Gasteiger partial charge in [0.2, 0.25) is 0 Å². The summed E-state index contributed by atoms with van der Waals surface area (Å²) in [6.07, 6.45) is 13.5. The zero-order chi connectivity index (χ0) is 19.0. The van der Waals surface area contributed by atoms with Crippen LogP contribution in [-0.2, 0) is 0 Å². The first-order valence-electron chi connectivity index (χ1n) is 9.99. The molecule has 0 bridgehead atoms. The van der Waals surface area contributed by atoms with Gasteiger partial charge in [-0.2, -0.15) is 0 Å². The van der Waals surface area contributed by atoms with Gasteiger partial charge in [0.25, 0.3) is 0 Å². The van der Waals surface area contributed by atoms with Crippen LogP contribution in [0, 0.1) is 15.5 Å². The maximum absolute atomic E-state index is 4.83. The predicted molar refractivity (Wildman–Crippen MR) is 137 cm³/mol. The van der Waals surface area contributed by atoms with E-state index < -0.39 is 19.8 Å². The fourth-order valence-electron chi connectivity index (χ4n) is 3.41. The Morgan fingerprint density at radius 1 is 1.33 bits per heavy atom. The molecule has 3 aliphatic rings. The molecule has 144 valence electrons. The molecule has 1 saturated carbocycles. The van der Waals surface area contributed by atoms with Gasteiger partial charge in [-0.3, -0.25) is 0 Å². The molecule has 2 aliphatic heterocycles. The van der Waals surface area contributed by atoms with Crippen molar-refractivity contribution in [2.24, 2.45) is 11.8 Å². The van der Waals surface area contributed by atoms with E-state index in [2.05, 4.69) is 62.1 Å². The van der Waals surface area contributed by atoms with Crippen LogP contribution in [0.1, 0.15) is 52.5 Å². The van der Waals surface area contributed by atoms with Crippen LogP contribution < -0.4 is 0 Å². The molecule has 27 heavy (non-hydrogen) atoms. The number of rotatable bonds is 6. The van der Waals surface area contributed by atoms with E-state index in [-0.39, 0.29) is 20.7 Å². The van der Waals surface area contributed by atoms with E-state index in [9.17, 15) is 0 Å². The van der Waals surface area contributed by atoms with Crippen LogP contribution in [0.5, 0.6) is 0 Å². The van der Waals surface area contributed by atoms with E-state index in [4.69, 9.17) is 4.98 Å². The Balaban J connectivity index is 1.69. The minimum absolute atomic E-state index is 0.0495. The van der Waals surface area contributed by atoms with Gasteiger partial charge in [-0.25, -0.2) is 0 Å². The van der Waals surface area contributed by atoms with Crippen molar-refractivity contribution < 1.29 is 0 Å². The first-order valence-corrected chi connectivity index (χ1v) is 16.0. The van der Waals surface area contributed by atoms with Crippen molar-refractivity contribution in [1.29, 1.82) is 0 Å². The molecule has 1 aromatic heterocycles. The summed E-state index contributed by atoms with van der Waals surface area (Å²) in [5.41, 5.74) is 5.96. The van der Waals surface area contributed by atoms with Gasteiger partial charge < -0.3 is 0 Å². The summed E-state index contributed by atoms with van der Waals surface area (Å²) >= 11 is -1.30. The summed E-state index contributed by atoms with van der Waals surface area (Å²) in [5.74, 6) is 1.61. The van der Waals surface area contributed by atoms with Crippen LogP contribution in [0.2, 0.25) is 0 Å². The Labute approximate surface area is 181 Å². The Bertz CT molecular complexity index is 895. The van der Waals surface area contributed by atoms with Crippen molar-refractivity contribution in [2.45, 2.75) is 47.0 Å². The first kappa shape index (κ1) is 19.7. The summed E-state index contributed by atoms with van der Waals surface area (Å²) in [6.45, 7) is 9.31. The molecule has 0 unspecified atom stereocenters. The second-order valence-corrected chi connectivity index (χ2v) is 15.6. The van der Waals surface area contributed by atoms with Gasteiger partial charge in [0.15, 0.2) is 0 Å². The summed E-state index contributed by atoms with van der Waals surface area (Å²) in [6, 6.07) is 4.37.